The van der Waals surface area contributed by atoms with Crippen LogP contribution in [-0.2, 0) is 26.2 Å². The van der Waals surface area contributed by atoms with E-state index < -0.39 is 40.2 Å². The lowest BCUT2D eigenvalue weighted by molar-refractivity contribution is -0.139. The third-order valence-corrected chi connectivity index (χ3v) is 8.09. The zero-order chi connectivity index (χ0) is 27.2. The van der Waals surface area contributed by atoms with Crippen LogP contribution in [-0.4, -0.2) is 44.3 Å². The highest BCUT2D eigenvalue weighted by molar-refractivity contribution is 7.92. The van der Waals surface area contributed by atoms with E-state index in [1.807, 2.05) is 0 Å². The van der Waals surface area contributed by atoms with Gasteiger partial charge < -0.3 is 10.2 Å². The van der Waals surface area contributed by atoms with E-state index in [4.69, 9.17) is 11.6 Å². The Morgan fingerprint density at radius 3 is 2.27 bits per heavy atom. The maximum atomic E-state index is 13.8. The third-order valence-electron chi connectivity index (χ3n) is 5.90. The minimum atomic E-state index is -4.18. The Hall–Kier alpha value is -3.43. The lowest BCUT2D eigenvalue weighted by Crippen LogP contribution is -2.51. The van der Waals surface area contributed by atoms with Crippen LogP contribution in [0.3, 0.4) is 0 Å². The lowest BCUT2D eigenvalue weighted by atomic mass is 10.1. The monoisotopic (exact) mass is 545 g/mol. The van der Waals surface area contributed by atoms with Gasteiger partial charge in [0.2, 0.25) is 11.8 Å². The number of halogens is 2. The molecule has 3 aromatic rings. The molecule has 0 spiro atoms. The zero-order valence-electron chi connectivity index (χ0n) is 20.8. The van der Waals surface area contributed by atoms with E-state index in [1.54, 1.807) is 57.2 Å². The first-order valence-electron chi connectivity index (χ1n) is 11.7. The number of sulfonamides is 1. The molecule has 7 nitrogen and oxygen atoms in total. The van der Waals surface area contributed by atoms with E-state index >= 15 is 0 Å². The molecule has 1 unspecified atom stereocenters. The summed E-state index contributed by atoms with van der Waals surface area (Å²) in [6.45, 7) is 4.75. The average molecular weight is 546 g/mol. The van der Waals surface area contributed by atoms with Gasteiger partial charge in [0, 0.05) is 18.1 Å². The maximum Gasteiger partial charge on any atom is 0.264 e. The topological polar surface area (TPSA) is 86.8 Å². The molecule has 0 aromatic heterocycles. The SMILES string of the molecule is CCNC(=O)C(C)N(Cc1ccc(F)cc1)C(=O)CN(c1cccc(Cl)c1C)S(=O)(=O)c1ccccc1. The average Bonchev–Trinajstić information content (AvgIpc) is 2.88. The summed E-state index contributed by atoms with van der Waals surface area (Å²) < 4.78 is 42.0. The van der Waals surface area contributed by atoms with Crippen molar-refractivity contribution >= 4 is 39.1 Å². The number of nitrogens with zero attached hydrogens (tertiary/aromatic N) is 2. The first-order valence-corrected chi connectivity index (χ1v) is 13.5. The highest BCUT2D eigenvalue weighted by Gasteiger charge is 2.33. The van der Waals surface area contributed by atoms with Gasteiger partial charge >= 0.3 is 0 Å². The molecule has 0 aliphatic heterocycles. The first kappa shape index (κ1) is 28.1. The van der Waals surface area contributed by atoms with Crippen molar-refractivity contribution in [2.45, 2.75) is 38.3 Å². The van der Waals surface area contributed by atoms with Crippen molar-refractivity contribution in [3.05, 3.63) is 94.8 Å². The van der Waals surface area contributed by atoms with Gasteiger partial charge in [0.1, 0.15) is 18.4 Å². The van der Waals surface area contributed by atoms with Crippen molar-refractivity contribution in [3.63, 3.8) is 0 Å². The molecule has 0 saturated carbocycles. The molecule has 3 aromatic carbocycles. The standard InChI is InChI=1S/C27H29ClFN3O4S/c1-4-30-27(34)20(3)31(17-21-13-15-22(29)16-14-21)26(33)18-32(25-12-8-11-24(28)19(25)2)37(35,36)23-9-6-5-7-10-23/h5-16,20H,4,17-18H2,1-3H3,(H,30,34). The molecule has 2 amide bonds. The number of likely N-dealkylation sites (N-methyl/N-ethyl adjacent to an activating group) is 1. The van der Waals surface area contributed by atoms with Crippen molar-refractivity contribution in [2.24, 2.45) is 0 Å². The molecule has 0 fully saturated rings. The molecule has 0 aliphatic rings. The second kappa shape index (κ2) is 12.2. The van der Waals surface area contributed by atoms with Crippen molar-refractivity contribution in [1.29, 1.82) is 0 Å². The molecule has 196 valence electrons. The molecule has 0 heterocycles. The Labute approximate surface area is 221 Å². The Morgan fingerprint density at radius 2 is 1.65 bits per heavy atom. The number of rotatable bonds is 10. The second-order valence-corrected chi connectivity index (χ2v) is 10.7. The van der Waals surface area contributed by atoms with Crippen LogP contribution in [0.5, 0.6) is 0 Å². The molecule has 0 radical (unpaired) electrons. The minimum Gasteiger partial charge on any atom is -0.355 e. The molecule has 10 heteroatoms. The number of anilines is 1. The van der Waals surface area contributed by atoms with Crippen LogP contribution in [0.25, 0.3) is 0 Å². The van der Waals surface area contributed by atoms with Crippen LogP contribution in [0.15, 0.2) is 77.7 Å². The van der Waals surface area contributed by atoms with E-state index in [0.29, 0.717) is 22.7 Å². The van der Waals surface area contributed by atoms with Crippen LogP contribution < -0.4 is 9.62 Å². The Morgan fingerprint density at radius 1 is 1.00 bits per heavy atom. The van der Waals surface area contributed by atoms with Gasteiger partial charge in [0.15, 0.2) is 0 Å². The lowest BCUT2D eigenvalue weighted by Gasteiger charge is -2.32. The highest BCUT2D eigenvalue weighted by Crippen LogP contribution is 2.31. The predicted molar refractivity (Wildman–Crippen MR) is 142 cm³/mol. The molecule has 1 atom stereocenters. The molecule has 37 heavy (non-hydrogen) atoms. The van der Waals surface area contributed by atoms with E-state index in [2.05, 4.69) is 5.32 Å². The third kappa shape index (κ3) is 6.67. The van der Waals surface area contributed by atoms with Crippen molar-refractivity contribution in [3.8, 4) is 0 Å². The summed E-state index contributed by atoms with van der Waals surface area (Å²) in [5.74, 6) is -1.44. The molecule has 0 saturated heterocycles. The first-order chi connectivity index (χ1) is 17.6. The van der Waals surface area contributed by atoms with Gasteiger partial charge in [-0.3, -0.25) is 13.9 Å². The predicted octanol–water partition coefficient (Wildman–Crippen LogP) is 4.54. The van der Waals surface area contributed by atoms with E-state index in [-0.39, 0.29) is 17.1 Å². The molecular formula is C27H29ClFN3O4S. The van der Waals surface area contributed by atoms with Crippen LogP contribution in [0.1, 0.15) is 25.0 Å². The van der Waals surface area contributed by atoms with Gasteiger partial charge in [-0.05, 0) is 68.3 Å². The fraction of sp³-hybridized carbons (Fsp3) is 0.259. The van der Waals surface area contributed by atoms with Crippen molar-refractivity contribution in [2.75, 3.05) is 17.4 Å². The Bertz CT molecular complexity index is 1350. The van der Waals surface area contributed by atoms with Crippen LogP contribution in [0, 0.1) is 12.7 Å². The maximum absolute atomic E-state index is 13.8. The number of nitrogens with one attached hydrogen (secondary N) is 1. The number of benzene rings is 3. The van der Waals surface area contributed by atoms with Crippen LogP contribution in [0.2, 0.25) is 5.02 Å². The number of carbonyl (C=O) groups excluding carboxylic acids is 2. The summed E-state index contributed by atoms with van der Waals surface area (Å²) in [5, 5.41) is 3.04. The summed E-state index contributed by atoms with van der Waals surface area (Å²) in [6.07, 6.45) is 0. The van der Waals surface area contributed by atoms with Crippen LogP contribution in [0.4, 0.5) is 10.1 Å². The van der Waals surface area contributed by atoms with Gasteiger partial charge in [-0.2, -0.15) is 0 Å². The fourth-order valence-corrected chi connectivity index (χ4v) is 5.45. The molecule has 0 bridgehead atoms. The van der Waals surface area contributed by atoms with E-state index in [9.17, 15) is 22.4 Å². The molecular weight excluding hydrogens is 517 g/mol. The van der Waals surface area contributed by atoms with Crippen LogP contribution >= 0.6 is 11.6 Å². The number of hydrogen-bond donors (Lipinski definition) is 1. The van der Waals surface area contributed by atoms with E-state index in [1.165, 1.54) is 41.3 Å². The molecule has 0 aliphatic carbocycles. The summed E-state index contributed by atoms with van der Waals surface area (Å²) in [7, 11) is -4.18. The normalized spacial score (nSPS) is 12.0. The minimum absolute atomic E-state index is 0.00374. The van der Waals surface area contributed by atoms with Gasteiger partial charge in [-0.1, -0.05) is 48.0 Å². The smallest absolute Gasteiger partial charge is 0.264 e. The fourth-order valence-electron chi connectivity index (χ4n) is 3.79. The Kier molecular flexibility index (Phi) is 9.29. The zero-order valence-corrected chi connectivity index (χ0v) is 22.4. The molecule has 3 rings (SSSR count). The number of carbonyl (C=O) groups is 2. The molecule has 1 N–H and O–H groups in total. The van der Waals surface area contributed by atoms with Crippen molar-refractivity contribution in [1.82, 2.24) is 10.2 Å². The summed E-state index contributed by atoms with van der Waals surface area (Å²) in [6, 6.07) is 17.2. The number of hydrogen-bond acceptors (Lipinski definition) is 4. The quantitative estimate of drug-likeness (QED) is 0.405. The number of amides is 2. The van der Waals surface area contributed by atoms with Crippen molar-refractivity contribution < 1.29 is 22.4 Å². The Balaban J connectivity index is 2.06. The summed E-state index contributed by atoms with van der Waals surface area (Å²) >= 11 is 6.30. The summed E-state index contributed by atoms with van der Waals surface area (Å²) in [5.41, 5.74) is 1.32. The van der Waals surface area contributed by atoms with Gasteiger partial charge in [0.25, 0.3) is 10.0 Å². The second-order valence-electron chi connectivity index (χ2n) is 8.43. The van der Waals surface area contributed by atoms with Gasteiger partial charge in [0.05, 0.1) is 10.6 Å². The summed E-state index contributed by atoms with van der Waals surface area (Å²) in [4.78, 5) is 27.7. The van der Waals surface area contributed by atoms with Gasteiger partial charge in [-0.25, -0.2) is 12.8 Å². The highest BCUT2D eigenvalue weighted by atomic mass is 35.5. The van der Waals surface area contributed by atoms with Gasteiger partial charge in [-0.15, -0.1) is 0 Å². The largest absolute Gasteiger partial charge is 0.355 e. The van der Waals surface area contributed by atoms with E-state index in [0.717, 1.165) is 4.31 Å².